The van der Waals surface area contributed by atoms with Gasteiger partial charge in [-0.05, 0) is 39.5 Å². The summed E-state index contributed by atoms with van der Waals surface area (Å²) in [6, 6.07) is 0. The van der Waals surface area contributed by atoms with Crippen LogP contribution in [-0.2, 0) is 4.74 Å². The van der Waals surface area contributed by atoms with Gasteiger partial charge in [0.2, 0.25) is 0 Å². The monoisotopic (exact) mass is 186 g/mol. The zero-order valence-electron chi connectivity index (χ0n) is 8.45. The van der Waals surface area contributed by atoms with Gasteiger partial charge in [0.1, 0.15) is 5.60 Å². The van der Waals surface area contributed by atoms with Gasteiger partial charge in [-0.25, -0.2) is 0 Å². The zero-order chi connectivity index (χ0) is 9.85. The second-order valence-corrected chi connectivity index (χ2v) is 5.09. The Labute approximate surface area is 78.7 Å². The van der Waals surface area contributed by atoms with Gasteiger partial charge in [0.25, 0.3) is 0 Å². The third-order valence-electron chi connectivity index (χ3n) is 3.80. The molecule has 2 bridgehead atoms. The molecule has 0 aromatic carbocycles. The molecular formula is C10H18O3. The summed E-state index contributed by atoms with van der Waals surface area (Å²) in [5.41, 5.74) is -0.953. The summed E-state index contributed by atoms with van der Waals surface area (Å²) in [5, 5.41) is 19.6. The van der Waals surface area contributed by atoms with Crippen molar-refractivity contribution in [3.8, 4) is 0 Å². The average Bonchev–Trinajstić information content (AvgIpc) is 1.96. The molecular weight excluding hydrogens is 168 g/mol. The SMILES string of the molecule is CC1(C)OC2(C)C(O)CC1C[C@H]2O. The van der Waals surface area contributed by atoms with Crippen LogP contribution in [-0.4, -0.2) is 33.6 Å². The molecule has 0 aromatic rings. The zero-order valence-corrected chi connectivity index (χ0v) is 8.45. The fraction of sp³-hybridized carbons (Fsp3) is 1.00. The van der Waals surface area contributed by atoms with Crippen molar-refractivity contribution < 1.29 is 14.9 Å². The van der Waals surface area contributed by atoms with Crippen LogP contribution >= 0.6 is 0 Å². The second kappa shape index (κ2) is 2.47. The summed E-state index contributed by atoms with van der Waals surface area (Å²) >= 11 is 0. The van der Waals surface area contributed by atoms with Gasteiger partial charge in [-0.3, -0.25) is 0 Å². The van der Waals surface area contributed by atoms with Crippen LogP contribution in [0.3, 0.4) is 0 Å². The molecule has 2 saturated heterocycles. The summed E-state index contributed by atoms with van der Waals surface area (Å²) in [7, 11) is 0. The van der Waals surface area contributed by atoms with E-state index in [1.807, 2.05) is 13.8 Å². The smallest absolute Gasteiger partial charge is 0.118 e. The maximum absolute atomic E-state index is 9.78. The molecule has 0 radical (unpaired) electrons. The number of ether oxygens (including phenoxy) is 1. The summed E-state index contributed by atoms with van der Waals surface area (Å²) in [5.74, 6) is 0.277. The van der Waals surface area contributed by atoms with E-state index in [9.17, 15) is 10.2 Å². The Balaban J connectivity index is 2.32. The van der Waals surface area contributed by atoms with Gasteiger partial charge in [-0.15, -0.1) is 0 Å². The highest BCUT2D eigenvalue weighted by atomic mass is 16.6. The van der Waals surface area contributed by atoms with Crippen molar-refractivity contribution in [1.82, 2.24) is 0 Å². The lowest BCUT2D eigenvalue weighted by Gasteiger charge is -2.58. The first kappa shape index (κ1) is 9.44. The average molecular weight is 186 g/mol. The van der Waals surface area contributed by atoms with Crippen LogP contribution in [0.5, 0.6) is 0 Å². The van der Waals surface area contributed by atoms with E-state index < -0.39 is 17.8 Å². The van der Waals surface area contributed by atoms with E-state index in [1.165, 1.54) is 0 Å². The fourth-order valence-electron chi connectivity index (χ4n) is 2.68. The minimum absolute atomic E-state index is 0.201. The topological polar surface area (TPSA) is 49.7 Å². The first-order valence-corrected chi connectivity index (χ1v) is 4.92. The number of aliphatic hydroxyl groups excluding tert-OH is 2. The number of hydrogen-bond acceptors (Lipinski definition) is 3. The molecule has 3 heteroatoms. The van der Waals surface area contributed by atoms with Crippen LogP contribution in [0.4, 0.5) is 0 Å². The van der Waals surface area contributed by atoms with Gasteiger partial charge in [0, 0.05) is 0 Å². The minimum atomic E-state index is -0.752. The number of fused-ring (bicyclic) bond motifs is 3. The molecule has 13 heavy (non-hydrogen) atoms. The van der Waals surface area contributed by atoms with Gasteiger partial charge >= 0.3 is 0 Å². The molecule has 0 aromatic heterocycles. The lowest BCUT2D eigenvalue weighted by Crippen LogP contribution is -2.67. The quantitative estimate of drug-likeness (QED) is 0.585. The van der Waals surface area contributed by atoms with Crippen LogP contribution < -0.4 is 0 Å². The first-order valence-electron chi connectivity index (χ1n) is 4.92. The van der Waals surface area contributed by atoms with E-state index in [0.717, 1.165) is 12.8 Å². The summed E-state index contributed by atoms with van der Waals surface area (Å²) in [6.45, 7) is 5.88. The predicted octanol–water partition coefficient (Wildman–Crippen LogP) is 0.686. The van der Waals surface area contributed by atoms with E-state index in [1.54, 1.807) is 6.92 Å². The predicted molar refractivity (Wildman–Crippen MR) is 48.3 cm³/mol. The van der Waals surface area contributed by atoms with Gasteiger partial charge in [-0.1, -0.05) is 0 Å². The molecule has 2 N–H and O–H groups in total. The Morgan fingerprint density at radius 2 is 1.54 bits per heavy atom. The standard InChI is InChI=1S/C10H18O3/c1-9(2)6-4-7(11)10(3,13-9)8(12)5-6/h6-8,11-12H,4-5H2,1-3H3/t6?,7-,8?,10?/m1/s1. The fourth-order valence-corrected chi connectivity index (χ4v) is 2.68. The molecule has 3 nitrogen and oxygen atoms in total. The molecule has 3 rings (SSSR count). The lowest BCUT2D eigenvalue weighted by molar-refractivity contribution is -0.311. The molecule has 76 valence electrons. The van der Waals surface area contributed by atoms with Gasteiger partial charge < -0.3 is 14.9 Å². The Morgan fingerprint density at radius 3 is 1.92 bits per heavy atom. The van der Waals surface area contributed by atoms with Gasteiger partial charge in [-0.2, -0.15) is 0 Å². The summed E-state index contributed by atoms with van der Waals surface area (Å²) in [6.07, 6.45) is 0.463. The van der Waals surface area contributed by atoms with Crippen LogP contribution in [0.2, 0.25) is 0 Å². The Hall–Kier alpha value is -0.120. The van der Waals surface area contributed by atoms with Gasteiger partial charge in [0.05, 0.1) is 17.8 Å². The second-order valence-electron chi connectivity index (χ2n) is 5.09. The number of aliphatic hydroxyl groups is 2. The molecule has 1 aliphatic carbocycles. The van der Waals surface area contributed by atoms with Crippen molar-refractivity contribution in [1.29, 1.82) is 0 Å². The summed E-state index contributed by atoms with van der Waals surface area (Å²) < 4.78 is 5.78. The first-order chi connectivity index (χ1) is 5.86. The van der Waals surface area contributed by atoms with Crippen LogP contribution in [0.15, 0.2) is 0 Å². The Morgan fingerprint density at radius 1 is 1.08 bits per heavy atom. The highest BCUT2D eigenvalue weighted by Gasteiger charge is 2.58. The third kappa shape index (κ3) is 1.14. The highest BCUT2D eigenvalue weighted by molar-refractivity contribution is 5.07. The van der Waals surface area contributed by atoms with Crippen LogP contribution in [0.25, 0.3) is 0 Å². The molecule has 0 spiro atoms. The van der Waals surface area contributed by atoms with Crippen molar-refractivity contribution >= 4 is 0 Å². The van der Waals surface area contributed by atoms with E-state index >= 15 is 0 Å². The molecule has 3 fully saturated rings. The largest absolute Gasteiger partial charge is 0.390 e. The Bertz CT molecular complexity index is 212. The highest BCUT2D eigenvalue weighted by Crippen LogP contribution is 2.49. The molecule has 4 atom stereocenters. The molecule has 1 saturated carbocycles. The Kier molecular flexibility index (Phi) is 1.79. The van der Waals surface area contributed by atoms with E-state index in [2.05, 4.69) is 0 Å². The van der Waals surface area contributed by atoms with Crippen molar-refractivity contribution in [3.05, 3.63) is 0 Å². The van der Waals surface area contributed by atoms with Crippen LogP contribution in [0, 0.1) is 5.92 Å². The van der Waals surface area contributed by atoms with E-state index in [-0.39, 0.29) is 11.5 Å². The van der Waals surface area contributed by atoms with E-state index in [0.29, 0.717) is 0 Å². The van der Waals surface area contributed by atoms with Crippen molar-refractivity contribution in [2.24, 2.45) is 5.92 Å². The third-order valence-corrected chi connectivity index (χ3v) is 3.80. The minimum Gasteiger partial charge on any atom is -0.390 e. The van der Waals surface area contributed by atoms with Crippen molar-refractivity contribution in [2.75, 3.05) is 0 Å². The van der Waals surface area contributed by atoms with Crippen molar-refractivity contribution in [2.45, 2.75) is 57.0 Å². The number of rotatable bonds is 0. The maximum atomic E-state index is 9.78. The lowest BCUT2D eigenvalue weighted by atomic mass is 9.66. The normalized spacial score (nSPS) is 53.8. The molecule has 0 amide bonds. The van der Waals surface area contributed by atoms with Gasteiger partial charge in [0.15, 0.2) is 0 Å². The summed E-state index contributed by atoms with van der Waals surface area (Å²) in [4.78, 5) is 0. The molecule has 3 aliphatic rings. The van der Waals surface area contributed by atoms with Crippen LogP contribution in [0.1, 0.15) is 33.6 Å². The van der Waals surface area contributed by atoms with Crippen molar-refractivity contribution in [3.63, 3.8) is 0 Å². The van der Waals surface area contributed by atoms with E-state index in [4.69, 9.17) is 4.74 Å². The number of hydrogen-bond donors (Lipinski definition) is 2. The molecule has 3 unspecified atom stereocenters. The maximum Gasteiger partial charge on any atom is 0.118 e. The molecule has 2 heterocycles. The molecule has 2 aliphatic heterocycles.